The average Bonchev–Trinajstić information content (AvgIpc) is 2.82. The maximum absolute atomic E-state index is 13.0. The number of carbonyl (C=O) groups is 1. The van der Waals surface area contributed by atoms with E-state index in [0.29, 0.717) is 19.6 Å². The molecule has 0 fully saturated rings. The molecular formula is C20H24N2O2. The van der Waals surface area contributed by atoms with E-state index in [2.05, 4.69) is 17.0 Å². The Morgan fingerprint density at radius 1 is 1.12 bits per heavy atom. The highest BCUT2D eigenvalue weighted by Crippen LogP contribution is 2.32. The summed E-state index contributed by atoms with van der Waals surface area (Å²) in [5.41, 5.74) is 2.04. The van der Waals surface area contributed by atoms with Crippen LogP contribution in [0.25, 0.3) is 0 Å². The molecule has 0 N–H and O–H groups in total. The van der Waals surface area contributed by atoms with Crippen LogP contribution in [0.5, 0.6) is 5.75 Å². The lowest BCUT2D eigenvalue weighted by Crippen LogP contribution is -2.35. The van der Waals surface area contributed by atoms with Gasteiger partial charge in [-0.05, 0) is 38.2 Å². The Balaban J connectivity index is 1.83. The van der Waals surface area contributed by atoms with Gasteiger partial charge < -0.3 is 14.5 Å². The third-order valence-electron chi connectivity index (χ3n) is 4.42. The second-order valence-corrected chi connectivity index (χ2v) is 6.31. The molecule has 2 aromatic carbocycles. The number of hydrogen-bond acceptors (Lipinski definition) is 3. The summed E-state index contributed by atoms with van der Waals surface area (Å²) < 4.78 is 5.76. The fraction of sp³-hybridized carbons (Fsp3) is 0.350. The molecule has 0 unspecified atom stereocenters. The third kappa shape index (κ3) is 3.60. The van der Waals surface area contributed by atoms with E-state index in [0.717, 1.165) is 23.4 Å². The van der Waals surface area contributed by atoms with Gasteiger partial charge in [0.05, 0.1) is 12.3 Å². The Morgan fingerprint density at radius 3 is 2.58 bits per heavy atom. The van der Waals surface area contributed by atoms with E-state index in [1.807, 2.05) is 61.5 Å². The molecule has 126 valence electrons. The normalized spacial score (nSPS) is 15.4. The van der Waals surface area contributed by atoms with Crippen LogP contribution in [0, 0.1) is 0 Å². The Morgan fingerprint density at radius 2 is 1.83 bits per heavy atom. The van der Waals surface area contributed by atoms with Gasteiger partial charge in [-0.25, -0.2) is 0 Å². The number of fused-ring (bicyclic) bond motifs is 1. The molecule has 1 amide bonds. The lowest BCUT2D eigenvalue weighted by atomic mass is 10.0. The Labute approximate surface area is 143 Å². The summed E-state index contributed by atoms with van der Waals surface area (Å²) in [6.07, 6.45) is 1.30. The predicted molar refractivity (Wildman–Crippen MR) is 96.4 cm³/mol. The highest BCUT2D eigenvalue weighted by atomic mass is 16.5. The standard InChI is InChI=1S/C20H24N2O2/c1-21(2)18(16-9-4-3-5-10-16)15-20(23)22-13-8-14-24-19-12-7-6-11-17(19)22/h3-7,9-12,18H,8,13-15H2,1-2H3/t18-/m0/s1. The van der Waals surface area contributed by atoms with Crippen molar-refractivity contribution in [2.45, 2.75) is 18.9 Å². The first-order valence-electron chi connectivity index (χ1n) is 8.40. The monoisotopic (exact) mass is 324 g/mol. The predicted octanol–water partition coefficient (Wildman–Crippen LogP) is 3.50. The Bertz CT molecular complexity index is 685. The molecule has 0 aliphatic carbocycles. The second-order valence-electron chi connectivity index (χ2n) is 6.31. The Kier molecular flexibility index (Phi) is 5.16. The van der Waals surface area contributed by atoms with Crippen molar-refractivity contribution >= 4 is 11.6 Å². The highest BCUT2D eigenvalue weighted by Gasteiger charge is 2.26. The molecule has 0 saturated carbocycles. The number of para-hydroxylation sites is 2. The molecule has 0 spiro atoms. The van der Waals surface area contributed by atoms with Gasteiger partial charge in [0.2, 0.25) is 5.91 Å². The van der Waals surface area contributed by atoms with Crippen LogP contribution in [-0.2, 0) is 4.79 Å². The van der Waals surface area contributed by atoms with Gasteiger partial charge >= 0.3 is 0 Å². The van der Waals surface area contributed by atoms with Crippen molar-refractivity contribution in [1.82, 2.24) is 4.90 Å². The van der Waals surface area contributed by atoms with Crippen LogP contribution in [0.1, 0.15) is 24.4 Å². The second kappa shape index (κ2) is 7.49. The van der Waals surface area contributed by atoms with Gasteiger partial charge in [0.1, 0.15) is 5.75 Å². The maximum atomic E-state index is 13.0. The van der Waals surface area contributed by atoms with Gasteiger partial charge in [-0.3, -0.25) is 4.79 Å². The summed E-state index contributed by atoms with van der Waals surface area (Å²) in [5.74, 6) is 0.931. The summed E-state index contributed by atoms with van der Waals surface area (Å²) in [6, 6.07) is 18.1. The van der Waals surface area contributed by atoms with Crippen molar-refractivity contribution < 1.29 is 9.53 Å². The van der Waals surface area contributed by atoms with Crippen molar-refractivity contribution in [3.8, 4) is 5.75 Å². The minimum atomic E-state index is 0.0648. The molecule has 1 atom stereocenters. The number of carbonyl (C=O) groups excluding carboxylic acids is 1. The van der Waals surface area contributed by atoms with Crippen LogP contribution in [-0.4, -0.2) is 38.1 Å². The lowest BCUT2D eigenvalue weighted by Gasteiger charge is -2.28. The number of hydrogen-bond donors (Lipinski definition) is 0. The topological polar surface area (TPSA) is 32.8 Å². The van der Waals surface area contributed by atoms with Crippen LogP contribution in [0.3, 0.4) is 0 Å². The minimum Gasteiger partial charge on any atom is -0.491 e. The van der Waals surface area contributed by atoms with Crippen molar-refractivity contribution in [2.75, 3.05) is 32.1 Å². The summed E-state index contributed by atoms with van der Waals surface area (Å²) in [6.45, 7) is 1.35. The fourth-order valence-corrected chi connectivity index (χ4v) is 3.14. The quantitative estimate of drug-likeness (QED) is 0.863. The molecule has 1 aliphatic heterocycles. The molecule has 1 aliphatic rings. The summed E-state index contributed by atoms with van der Waals surface area (Å²) in [4.78, 5) is 17.0. The molecular weight excluding hydrogens is 300 g/mol. The summed E-state index contributed by atoms with van der Waals surface area (Å²) in [5, 5.41) is 0. The van der Waals surface area contributed by atoms with Gasteiger partial charge in [0.25, 0.3) is 0 Å². The molecule has 0 aromatic heterocycles. The van der Waals surface area contributed by atoms with Crippen LogP contribution < -0.4 is 9.64 Å². The Hall–Kier alpha value is -2.33. The molecule has 0 saturated heterocycles. The van der Waals surface area contributed by atoms with Gasteiger partial charge in [0.15, 0.2) is 0 Å². The zero-order valence-electron chi connectivity index (χ0n) is 14.3. The molecule has 24 heavy (non-hydrogen) atoms. The van der Waals surface area contributed by atoms with E-state index in [1.165, 1.54) is 0 Å². The summed E-state index contributed by atoms with van der Waals surface area (Å²) >= 11 is 0. The number of rotatable bonds is 4. The van der Waals surface area contributed by atoms with E-state index in [9.17, 15) is 4.79 Å². The van der Waals surface area contributed by atoms with Crippen LogP contribution in [0.2, 0.25) is 0 Å². The fourth-order valence-electron chi connectivity index (χ4n) is 3.14. The molecule has 2 aromatic rings. The minimum absolute atomic E-state index is 0.0648. The third-order valence-corrected chi connectivity index (χ3v) is 4.42. The van der Waals surface area contributed by atoms with Crippen LogP contribution in [0.4, 0.5) is 5.69 Å². The SMILES string of the molecule is CN(C)[C@@H](CC(=O)N1CCCOc2ccccc21)c1ccccc1. The highest BCUT2D eigenvalue weighted by molar-refractivity contribution is 5.95. The average molecular weight is 324 g/mol. The number of nitrogens with zero attached hydrogens (tertiary/aromatic N) is 2. The molecule has 0 bridgehead atoms. The first-order valence-corrected chi connectivity index (χ1v) is 8.40. The molecule has 1 heterocycles. The van der Waals surface area contributed by atoms with Crippen molar-refractivity contribution in [3.63, 3.8) is 0 Å². The summed E-state index contributed by atoms with van der Waals surface area (Å²) in [7, 11) is 4.04. The molecule has 0 radical (unpaired) electrons. The first-order chi connectivity index (χ1) is 11.7. The van der Waals surface area contributed by atoms with E-state index in [-0.39, 0.29) is 11.9 Å². The number of benzene rings is 2. The smallest absolute Gasteiger partial charge is 0.229 e. The largest absolute Gasteiger partial charge is 0.491 e. The van der Waals surface area contributed by atoms with E-state index in [1.54, 1.807) is 0 Å². The number of amides is 1. The molecule has 4 heteroatoms. The van der Waals surface area contributed by atoms with E-state index in [4.69, 9.17) is 4.74 Å². The maximum Gasteiger partial charge on any atom is 0.229 e. The van der Waals surface area contributed by atoms with E-state index < -0.39 is 0 Å². The van der Waals surface area contributed by atoms with Gasteiger partial charge in [-0.15, -0.1) is 0 Å². The van der Waals surface area contributed by atoms with Gasteiger partial charge in [-0.1, -0.05) is 42.5 Å². The lowest BCUT2D eigenvalue weighted by molar-refractivity contribution is -0.119. The van der Waals surface area contributed by atoms with Gasteiger partial charge in [-0.2, -0.15) is 0 Å². The van der Waals surface area contributed by atoms with Gasteiger partial charge in [0, 0.05) is 19.0 Å². The van der Waals surface area contributed by atoms with Crippen molar-refractivity contribution in [3.05, 3.63) is 60.2 Å². The van der Waals surface area contributed by atoms with E-state index >= 15 is 0 Å². The number of anilines is 1. The first kappa shape index (κ1) is 16.5. The zero-order chi connectivity index (χ0) is 16.9. The van der Waals surface area contributed by atoms with Crippen LogP contribution >= 0.6 is 0 Å². The van der Waals surface area contributed by atoms with Crippen LogP contribution in [0.15, 0.2) is 54.6 Å². The van der Waals surface area contributed by atoms with Crippen molar-refractivity contribution in [1.29, 1.82) is 0 Å². The molecule has 4 nitrogen and oxygen atoms in total. The van der Waals surface area contributed by atoms with Crippen molar-refractivity contribution in [2.24, 2.45) is 0 Å². The number of ether oxygens (including phenoxy) is 1. The zero-order valence-corrected chi connectivity index (χ0v) is 14.3. The molecule has 3 rings (SSSR count).